The highest BCUT2D eigenvalue weighted by Gasteiger charge is 2.37. The van der Waals surface area contributed by atoms with Gasteiger partial charge in [-0.2, -0.15) is 0 Å². The van der Waals surface area contributed by atoms with E-state index in [0.29, 0.717) is 28.6 Å². The molecule has 0 aliphatic carbocycles. The summed E-state index contributed by atoms with van der Waals surface area (Å²) in [5.41, 5.74) is 2.07. The molecule has 0 aromatic heterocycles. The number of fused-ring (bicyclic) bond motifs is 3. The standard InChI is InChI=1S/C23H26O6/c1-23(2)9-8-13-17(29-23)7-6-14-21(24)16(12-28-22(13)14)15-10-19(26-4)20(27-5)11-18(15)25-3/h6-7,10-11,16H,8-9,12H2,1-5H3. The topological polar surface area (TPSA) is 63.2 Å². The van der Waals surface area contributed by atoms with Crippen molar-refractivity contribution in [3.63, 3.8) is 0 Å². The van der Waals surface area contributed by atoms with Crippen molar-refractivity contribution in [1.29, 1.82) is 0 Å². The van der Waals surface area contributed by atoms with Crippen LogP contribution in [0, 0.1) is 0 Å². The fourth-order valence-electron chi connectivity index (χ4n) is 4.06. The predicted octanol–water partition coefficient (Wildman–Crippen LogP) is 4.17. The molecular formula is C23H26O6. The van der Waals surface area contributed by atoms with Crippen LogP contribution < -0.4 is 23.7 Å². The van der Waals surface area contributed by atoms with Crippen molar-refractivity contribution < 1.29 is 28.5 Å². The zero-order valence-electron chi connectivity index (χ0n) is 17.5. The van der Waals surface area contributed by atoms with Crippen LogP contribution in [0.2, 0.25) is 0 Å². The van der Waals surface area contributed by atoms with E-state index in [1.165, 1.54) is 0 Å². The number of carbonyl (C=O) groups is 1. The predicted molar refractivity (Wildman–Crippen MR) is 108 cm³/mol. The van der Waals surface area contributed by atoms with Crippen LogP contribution in [-0.4, -0.2) is 39.3 Å². The van der Waals surface area contributed by atoms with Gasteiger partial charge in [-0.05, 0) is 44.9 Å². The van der Waals surface area contributed by atoms with E-state index in [2.05, 4.69) is 13.8 Å². The number of methoxy groups -OCH3 is 3. The fourth-order valence-corrected chi connectivity index (χ4v) is 4.06. The normalized spacial score (nSPS) is 19.3. The average Bonchev–Trinajstić information content (AvgIpc) is 2.72. The van der Waals surface area contributed by atoms with Crippen LogP contribution in [0.3, 0.4) is 0 Å². The lowest BCUT2D eigenvalue weighted by atomic mass is 9.85. The molecule has 2 aliphatic heterocycles. The summed E-state index contributed by atoms with van der Waals surface area (Å²) in [6, 6.07) is 7.21. The van der Waals surface area contributed by atoms with Gasteiger partial charge in [0.05, 0.1) is 32.8 Å². The summed E-state index contributed by atoms with van der Waals surface area (Å²) in [5.74, 6) is 2.62. The van der Waals surface area contributed by atoms with Crippen molar-refractivity contribution in [2.75, 3.05) is 27.9 Å². The number of carbonyl (C=O) groups excluding carboxylic acids is 1. The smallest absolute Gasteiger partial charge is 0.177 e. The lowest BCUT2D eigenvalue weighted by Crippen LogP contribution is -2.34. The molecule has 2 aromatic rings. The van der Waals surface area contributed by atoms with Gasteiger partial charge in [0.2, 0.25) is 0 Å². The van der Waals surface area contributed by atoms with Crippen molar-refractivity contribution in [2.24, 2.45) is 0 Å². The molecule has 154 valence electrons. The van der Waals surface area contributed by atoms with Gasteiger partial charge in [-0.3, -0.25) is 4.79 Å². The highest BCUT2D eigenvalue weighted by Crippen LogP contribution is 2.46. The monoisotopic (exact) mass is 398 g/mol. The van der Waals surface area contributed by atoms with Gasteiger partial charge in [0.25, 0.3) is 0 Å². The van der Waals surface area contributed by atoms with E-state index in [4.69, 9.17) is 23.7 Å². The first-order chi connectivity index (χ1) is 13.9. The summed E-state index contributed by atoms with van der Waals surface area (Å²) in [4.78, 5) is 13.4. The average molecular weight is 398 g/mol. The molecule has 0 bridgehead atoms. The van der Waals surface area contributed by atoms with Gasteiger partial charge < -0.3 is 23.7 Å². The van der Waals surface area contributed by atoms with Gasteiger partial charge >= 0.3 is 0 Å². The Morgan fingerprint density at radius 3 is 2.38 bits per heavy atom. The van der Waals surface area contributed by atoms with Gasteiger partial charge in [-0.1, -0.05) is 0 Å². The Balaban J connectivity index is 1.74. The van der Waals surface area contributed by atoms with Gasteiger partial charge in [-0.25, -0.2) is 0 Å². The van der Waals surface area contributed by atoms with E-state index in [-0.39, 0.29) is 18.0 Å². The maximum absolute atomic E-state index is 13.4. The molecule has 2 aliphatic rings. The molecule has 0 saturated heterocycles. The molecule has 2 aromatic carbocycles. The van der Waals surface area contributed by atoms with E-state index >= 15 is 0 Å². The number of hydrogen-bond donors (Lipinski definition) is 0. The second-order valence-electron chi connectivity index (χ2n) is 7.96. The molecule has 1 unspecified atom stereocenters. The van der Waals surface area contributed by atoms with Crippen molar-refractivity contribution in [3.05, 3.63) is 41.0 Å². The Hall–Kier alpha value is -2.89. The van der Waals surface area contributed by atoms with E-state index < -0.39 is 5.92 Å². The van der Waals surface area contributed by atoms with Crippen molar-refractivity contribution >= 4 is 5.78 Å². The summed E-state index contributed by atoms with van der Waals surface area (Å²) >= 11 is 0. The molecule has 1 atom stereocenters. The quantitative estimate of drug-likeness (QED) is 0.770. The minimum absolute atomic E-state index is 0.00408. The van der Waals surface area contributed by atoms with E-state index in [1.54, 1.807) is 39.5 Å². The number of ether oxygens (including phenoxy) is 5. The largest absolute Gasteiger partial charge is 0.496 e. The van der Waals surface area contributed by atoms with Crippen LogP contribution in [0.5, 0.6) is 28.7 Å². The maximum Gasteiger partial charge on any atom is 0.177 e. The molecule has 6 heteroatoms. The van der Waals surface area contributed by atoms with Crippen LogP contribution in [0.1, 0.15) is 47.7 Å². The van der Waals surface area contributed by atoms with Crippen LogP contribution in [0.25, 0.3) is 0 Å². The van der Waals surface area contributed by atoms with Crippen LogP contribution in [0.15, 0.2) is 24.3 Å². The molecule has 0 fully saturated rings. The molecule has 0 saturated carbocycles. The van der Waals surface area contributed by atoms with Gasteiger partial charge in [0.1, 0.15) is 29.5 Å². The van der Waals surface area contributed by atoms with Crippen LogP contribution in [-0.2, 0) is 6.42 Å². The first-order valence-corrected chi connectivity index (χ1v) is 9.70. The first kappa shape index (κ1) is 19.4. The molecular weight excluding hydrogens is 372 g/mol. The third-order valence-electron chi connectivity index (χ3n) is 5.67. The minimum Gasteiger partial charge on any atom is -0.496 e. The van der Waals surface area contributed by atoms with Gasteiger partial charge in [0.15, 0.2) is 17.3 Å². The Labute approximate surface area is 170 Å². The van der Waals surface area contributed by atoms with E-state index in [9.17, 15) is 4.79 Å². The Morgan fingerprint density at radius 1 is 1.00 bits per heavy atom. The number of hydrogen-bond acceptors (Lipinski definition) is 6. The number of rotatable bonds is 4. The molecule has 0 radical (unpaired) electrons. The van der Waals surface area contributed by atoms with Crippen LogP contribution in [0.4, 0.5) is 0 Å². The minimum atomic E-state index is -0.490. The molecule has 0 N–H and O–H groups in total. The zero-order chi connectivity index (χ0) is 20.8. The highest BCUT2D eigenvalue weighted by molar-refractivity contribution is 6.05. The highest BCUT2D eigenvalue weighted by atomic mass is 16.5. The second-order valence-corrected chi connectivity index (χ2v) is 7.96. The molecule has 0 amide bonds. The third-order valence-corrected chi connectivity index (χ3v) is 5.67. The first-order valence-electron chi connectivity index (χ1n) is 9.70. The number of ketones is 1. The summed E-state index contributed by atoms with van der Waals surface area (Å²) in [6.07, 6.45) is 1.70. The Morgan fingerprint density at radius 2 is 1.69 bits per heavy atom. The second kappa shape index (κ2) is 7.17. The van der Waals surface area contributed by atoms with E-state index in [1.807, 2.05) is 6.07 Å². The Bertz CT molecular complexity index is 962. The van der Waals surface area contributed by atoms with Crippen LogP contribution >= 0.6 is 0 Å². The SMILES string of the molecule is COc1cc(OC)c(C2COc3c(ccc4c3CCC(C)(C)O4)C2=O)cc1OC. The third kappa shape index (κ3) is 3.26. The summed E-state index contributed by atoms with van der Waals surface area (Å²) in [6.45, 7) is 4.37. The summed E-state index contributed by atoms with van der Waals surface area (Å²) in [5, 5.41) is 0. The summed E-state index contributed by atoms with van der Waals surface area (Å²) < 4.78 is 28.5. The molecule has 29 heavy (non-hydrogen) atoms. The van der Waals surface area contributed by atoms with Gasteiger partial charge in [0, 0.05) is 17.2 Å². The maximum atomic E-state index is 13.4. The molecule has 0 spiro atoms. The van der Waals surface area contributed by atoms with E-state index in [0.717, 1.165) is 29.7 Å². The molecule has 2 heterocycles. The van der Waals surface area contributed by atoms with Crippen molar-refractivity contribution in [2.45, 2.75) is 38.2 Å². The lowest BCUT2D eigenvalue weighted by molar-refractivity contribution is 0.0806. The van der Waals surface area contributed by atoms with Crippen molar-refractivity contribution in [1.82, 2.24) is 0 Å². The van der Waals surface area contributed by atoms with Crippen molar-refractivity contribution in [3.8, 4) is 28.7 Å². The summed E-state index contributed by atoms with van der Waals surface area (Å²) in [7, 11) is 4.70. The number of Topliss-reactive ketones (excluding diaryl/α,β-unsaturated/α-hetero) is 1. The zero-order valence-corrected chi connectivity index (χ0v) is 17.5. The number of benzene rings is 2. The molecule has 6 nitrogen and oxygen atoms in total. The lowest BCUT2D eigenvalue weighted by Gasteiger charge is -2.35. The van der Waals surface area contributed by atoms with Gasteiger partial charge in [-0.15, -0.1) is 0 Å². The molecule has 4 rings (SSSR count). The fraction of sp³-hybridized carbons (Fsp3) is 0.435. The Kier molecular flexibility index (Phi) is 4.81.